The third-order valence-electron chi connectivity index (χ3n) is 17.1. The van der Waals surface area contributed by atoms with E-state index < -0.39 is 48.2 Å². The second kappa shape index (κ2) is 33.9. The zero-order valence-electron chi connectivity index (χ0n) is 67.1. The summed E-state index contributed by atoms with van der Waals surface area (Å²) in [6.07, 6.45) is 10.5. The van der Waals surface area contributed by atoms with Gasteiger partial charge in [0, 0.05) is 80.1 Å². The highest BCUT2D eigenvalue weighted by Crippen LogP contribution is 2.57. The zero-order chi connectivity index (χ0) is 80.0. The smallest absolute Gasteiger partial charge is 0.233 e. The van der Waals surface area contributed by atoms with Crippen LogP contribution in [0.25, 0.3) is 122 Å². The molecule has 113 heavy (non-hydrogen) atoms. The summed E-state index contributed by atoms with van der Waals surface area (Å²) in [4.78, 5) is 26.2. The highest BCUT2D eigenvalue weighted by molar-refractivity contribution is 7.63. The first-order valence-corrected chi connectivity index (χ1v) is 44.6. The van der Waals surface area contributed by atoms with Crippen molar-refractivity contribution in [2.24, 2.45) is 0 Å². The van der Waals surface area contributed by atoms with Gasteiger partial charge in [-0.05, 0) is 219 Å². The number of hydrogen-bond donors (Lipinski definition) is 0. The van der Waals surface area contributed by atoms with E-state index in [-0.39, 0.29) is 30.9 Å². The van der Waals surface area contributed by atoms with Gasteiger partial charge in [0.2, 0.25) is 57.2 Å². The molecule has 6 aromatic carbocycles. The second-order valence-corrected chi connectivity index (χ2v) is 46.4. The lowest BCUT2D eigenvalue weighted by atomic mass is 10.0. The first-order chi connectivity index (χ1) is 53.8. The number of rotatable bonds is 0. The third-order valence-corrected chi connectivity index (χ3v) is 28.6. The molecule has 0 bridgehead atoms. The van der Waals surface area contributed by atoms with Crippen LogP contribution >= 0.6 is 48.2 Å². The predicted octanol–water partition coefficient (Wildman–Crippen LogP) is 31.2. The van der Waals surface area contributed by atoms with Crippen LogP contribution in [0, 0.1) is 0 Å². The van der Waals surface area contributed by atoms with Crippen LogP contribution in [0.1, 0.15) is 125 Å². The summed E-state index contributed by atoms with van der Waals surface area (Å²) in [6.45, 7) is 38.5. The number of para-hydroxylation sites is 5. The molecule has 0 spiro atoms. The number of aromatic nitrogens is 6. The minimum absolute atomic E-state index is 0.0279. The van der Waals surface area contributed by atoms with E-state index in [0.717, 1.165) is 99.1 Å². The van der Waals surface area contributed by atoms with Crippen LogP contribution in [0.5, 0.6) is 5.75 Å². The maximum Gasteiger partial charge on any atom is 0.233 e. The maximum atomic E-state index is 6.29. The minimum Gasteiger partial charge on any atom is -0.468 e. The van der Waals surface area contributed by atoms with Crippen molar-refractivity contribution in [3.8, 4) is 16.9 Å². The van der Waals surface area contributed by atoms with Crippen LogP contribution in [0.3, 0.4) is 0 Å². The van der Waals surface area contributed by atoms with E-state index in [1.165, 1.54) is 16.4 Å². The van der Waals surface area contributed by atoms with Crippen LogP contribution in [0.2, 0.25) is 0 Å². The fraction of sp³-hybridized carbons (Fsp3) is 0.267. The van der Waals surface area contributed by atoms with Crippen molar-refractivity contribution in [2.45, 2.75) is 156 Å². The number of benzene rings is 6. The second-order valence-electron chi connectivity index (χ2n) is 32.7. The van der Waals surface area contributed by atoms with Gasteiger partial charge in [0.15, 0.2) is 16.7 Å². The summed E-state index contributed by atoms with van der Waals surface area (Å²) in [6, 6.07) is 72.3. The lowest BCUT2D eigenvalue weighted by molar-refractivity contribution is 0.557. The number of nitrogens with zero attached hydrogens (tertiary/aromatic N) is 6. The highest BCUT2D eigenvalue weighted by atomic mass is 31.1. The Kier molecular flexibility index (Phi) is 24.3. The normalized spacial score (nSPS) is 13.2. The molecule has 23 heteroatoms. The summed E-state index contributed by atoms with van der Waals surface area (Å²) < 4.78 is 67.0. The molecule has 3 atom stereocenters. The maximum absolute atomic E-state index is 6.29. The van der Waals surface area contributed by atoms with Crippen molar-refractivity contribution in [1.29, 1.82) is 0 Å². The van der Waals surface area contributed by atoms with Gasteiger partial charge in [-0.25, -0.2) is 15.0 Å². The Labute approximate surface area is 664 Å². The van der Waals surface area contributed by atoms with Gasteiger partial charge in [-0.1, -0.05) is 130 Å². The SMILES string of the molecule is CC(C)(C)P1Oc2ccccc2-c2ccccc21.CC(C)(C)p1oc2ccccc2c2ccccc2o1.CC(C)(C)p1oc2ccccc2c2cccnc2o1.CC(C)(C)p1oc2ccccc2c2ncccc2o1.CC(C)(C)p1oc2cccnc2c2ncccc2o1.CC(C)(C)p1oc2ncccc2c2cccnc2o1. The fourth-order valence-corrected chi connectivity index (χ4v) is 19.9. The van der Waals surface area contributed by atoms with E-state index in [2.05, 4.69) is 209 Å². The molecule has 0 saturated heterocycles. The van der Waals surface area contributed by atoms with Crippen molar-refractivity contribution in [3.63, 3.8) is 0 Å². The minimum atomic E-state index is -1.14. The molecular weight excluding hydrogens is 1530 g/mol. The molecule has 3 unspecified atom stereocenters. The van der Waals surface area contributed by atoms with Gasteiger partial charge in [-0.15, -0.1) is 0 Å². The Morgan fingerprint density at radius 3 is 0.867 bits per heavy atom. The van der Waals surface area contributed by atoms with E-state index in [1.807, 2.05) is 164 Å². The van der Waals surface area contributed by atoms with E-state index in [9.17, 15) is 0 Å². The standard InChI is InChI=1S/C16H17O2P.C16H17OP.2C15H16NO2P.2C14H15N2O2P/c1-16(2,3)19-17-14-10-6-4-8-12(14)13-9-5-7-11-15(13)18-19;1-16(2,3)18-15-11-7-5-9-13(15)12-8-4-6-10-14(12)17-18;1-15(2,3)19-17-13-9-5-4-7-11(13)12-8-6-10-16-14(12)18-19;1-15(2,3)19-17-12-8-5-4-7-11(12)14-13(18-19)9-6-10-16-14;1-14(2,3)19-17-10-6-4-8-15-12(10)13-11(18-19)7-5-9-16-13;1-14(2,3)19-17-12-10(6-4-8-15-12)11-7-5-9-16-13(11)18-19/h4-11H,1-3H3;4-11H,1-3H3;2*4-10H,1-3H3;2*4-9H,1-3H3. The van der Waals surface area contributed by atoms with Crippen molar-refractivity contribution < 1.29 is 46.5 Å². The van der Waals surface area contributed by atoms with Crippen molar-refractivity contribution in [3.05, 3.63) is 256 Å². The largest absolute Gasteiger partial charge is 0.468 e. The van der Waals surface area contributed by atoms with Crippen molar-refractivity contribution >= 4 is 164 Å². The van der Waals surface area contributed by atoms with Gasteiger partial charge in [0.05, 0.1) is 36.6 Å². The summed E-state index contributed by atoms with van der Waals surface area (Å²) in [5.41, 5.74) is 12.6. The Morgan fingerprint density at radius 2 is 0.469 bits per heavy atom. The Bertz CT molecular complexity index is 5390. The molecule has 0 radical (unpaired) electrons. The van der Waals surface area contributed by atoms with Gasteiger partial charge in [0.1, 0.15) is 52.8 Å². The van der Waals surface area contributed by atoms with E-state index in [4.69, 9.17) is 46.5 Å². The van der Waals surface area contributed by atoms with Crippen LogP contribution in [0.4, 0.5) is 0 Å². The van der Waals surface area contributed by atoms with Gasteiger partial charge >= 0.3 is 0 Å². The topological polar surface area (TPSA) is 218 Å². The molecule has 582 valence electrons. The van der Waals surface area contributed by atoms with Gasteiger partial charge in [-0.3, -0.25) is 15.0 Å². The van der Waals surface area contributed by atoms with Crippen LogP contribution < -0.4 is 9.83 Å². The average Bonchev–Trinajstić information content (AvgIpc) is 1.74. The summed E-state index contributed by atoms with van der Waals surface area (Å²) >= 11 is 0. The molecule has 18 rings (SSSR count). The Hall–Kier alpha value is -10.1. The van der Waals surface area contributed by atoms with E-state index in [1.54, 1.807) is 37.2 Å². The number of fused-ring (bicyclic) bond motifs is 18. The van der Waals surface area contributed by atoms with Crippen LogP contribution in [-0.4, -0.2) is 35.1 Å². The molecule has 0 aliphatic carbocycles. The third kappa shape index (κ3) is 19.3. The monoisotopic (exact) mass is 1620 g/mol. The molecular formula is C90H96N6O11P6. The first-order valence-electron chi connectivity index (χ1n) is 37.4. The molecule has 12 heterocycles. The fourth-order valence-electron chi connectivity index (χ4n) is 11.6. The lowest BCUT2D eigenvalue weighted by Crippen LogP contribution is -2.26. The quantitative estimate of drug-likeness (QED) is 0.129. The number of hydrogen-bond acceptors (Lipinski definition) is 17. The highest BCUT2D eigenvalue weighted by Gasteiger charge is 2.35. The Morgan fingerprint density at radius 1 is 0.212 bits per heavy atom. The summed E-state index contributed by atoms with van der Waals surface area (Å²) in [7, 11) is -5.99. The molecule has 0 N–H and O–H groups in total. The predicted molar refractivity (Wildman–Crippen MR) is 472 cm³/mol. The van der Waals surface area contributed by atoms with E-state index >= 15 is 0 Å². The molecule has 1 aliphatic rings. The van der Waals surface area contributed by atoms with E-state index in [0.29, 0.717) is 17.1 Å². The molecule has 0 saturated carbocycles. The molecule has 17 aromatic rings. The van der Waals surface area contributed by atoms with Gasteiger partial charge in [0.25, 0.3) is 0 Å². The first kappa shape index (κ1) is 81.0. The Balaban J connectivity index is 0.000000119. The lowest BCUT2D eigenvalue weighted by Gasteiger charge is -2.36. The van der Waals surface area contributed by atoms with Crippen LogP contribution in [-0.2, 0) is 25.8 Å². The van der Waals surface area contributed by atoms with Crippen molar-refractivity contribution in [1.82, 2.24) is 29.9 Å². The number of pyridine rings is 6. The van der Waals surface area contributed by atoms with Crippen molar-refractivity contribution in [2.75, 3.05) is 0 Å². The van der Waals surface area contributed by atoms with Gasteiger partial charge in [-0.2, -0.15) is 0 Å². The summed E-state index contributed by atoms with van der Waals surface area (Å²) in [5.74, 6) is 1.03. The molecule has 11 aromatic heterocycles. The summed E-state index contributed by atoms with van der Waals surface area (Å²) in [5, 5.41) is 8.27. The average molecular weight is 1620 g/mol. The molecule has 0 amide bonds. The van der Waals surface area contributed by atoms with Crippen LogP contribution in [0.15, 0.2) is 298 Å². The zero-order valence-corrected chi connectivity index (χ0v) is 72.5. The molecule has 0 fully saturated rings. The molecule has 17 nitrogen and oxygen atoms in total. The van der Waals surface area contributed by atoms with Gasteiger partial charge < -0.3 is 46.5 Å². The molecule has 1 aliphatic heterocycles.